The van der Waals surface area contributed by atoms with Crippen LogP contribution in [0.15, 0.2) is 98.4 Å². The molecule has 19 nitrogen and oxygen atoms in total. The highest BCUT2D eigenvalue weighted by molar-refractivity contribution is 5.94. The summed E-state index contributed by atoms with van der Waals surface area (Å²) >= 11 is 0. The molecule has 19 heteroatoms. The van der Waals surface area contributed by atoms with Gasteiger partial charge in [-0.25, -0.2) is 29.9 Å². The molecule has 0 radical (unpaired) electrons. The zero-order valence-corrected chi connectivity index (χ0v) is 34.0. The first kappa shape index (κ1) is 42.9. The van der Waals surface area contributed by atoms with Crippen molar-refractivity contribution in [3.8, 4) is 57.5 Å². The number of aliphatic hydroxyl groups excluding tert-OH is 1. The predicted octanol–water partition coefficient (Wildman–Crippen LogP) is 4.65. The monoisotopic (exact) mass is 844 g/mol. The molecule has 62 heavy (non-hydrogen) atoms. The van der Waals surface area contributed by atoms with Gasteiger partial charge in [0.2, 0.25) is 0 Å². The molecule has 2 atom stereocenters. The first-order chi connectivity index (χ1) is 30.3. The Labute approximate surface area is 356 Å². The maximum atomic E-state index is 12.5. The Morgan fingerprint density at radius 2 is 1.27 bits per heavy atom. The molecule has 3 N–H and O–H groups in total. The molecular weight excluding hydrogens is 801 g/mol. The van der Waals surface area contributed by atoms with E-state index in [0.29, 0.717) is 103 Å². The summed E-state index contributed by atoms with van der Waals surface area (Å²) in [5, 5.41) is 15.4. The van der Waals surface area contributed by atoms with Crippen molar-refractivity contribution in [2.75, 3.05) is 46.2 Å². The number of aliphatic hydroxyl groups is 1. The van der Waals surface area contributed by atoms with Gasteiger partial charge in [-0.3, -0.25) is 19.6 Å². The second-order valence-electron chi connectivity index (χ2n) is 13.8. The van der Waals surface area contributed by atoms with E-state index in [4.69, 9.17) is 28.4 Å². The van der Waals surface area contributed by atoms with Crippen molar-refractivity contribution in [2.45, 2.75) is 38.3 Å². The van der Waals surface area contributed by atoms with E-state index in [0.717, 1.165) is 6.42 Å². The lowest BCUT2D eigenvalue weighted by Crippen LogP contribution is -2.52. The zero-order valence-electron chi connectivity index (χ0n) is 34.0. The number of hydrogen-bond donors (Lipinski definition) is 3. The highest BCUT2D eigenvalue weighted by atomic mass is 16.5. The normalized spacial score (nSPS) is 16.7. The van der Waals surface area contributed by atoms with Gasteiger partial charge >= 0.3 is 0 Å². The molecule has 6 aromatic rings. The van der Waals surface area contributed by atoms with Crippen LogP contribution in [0.2, 0.25) is 0 Å². The van der Waals surface area contributed by atoms with E-state index >= 15 is 0 Å². The van der Waals surface area contributed by atoms with Crippen molar-refractivity contribution in [1.29, 1.82) is 0 Å². The molecule has 2 saturated heterocycles. The molecule has 2 aliphatic heterocycles. The fraction of sp³-hybridized carbons (Fsp3) is 0.302. The van der Waals surface area contributed by atoms with Crippen LogP contribution in [0, 0.1) is 0 Å². The van der Waals surface area contributed by atoms with Crippen molar-refractivity contribution in [2.24, 2.45) is 0 Å². The number of carbonyl (C=O) groups is 2. The SMILES string of the molecule is CCOc1cccnc1Oc1cncc(-c2ncc(C(=O)N[C@@]3(CO)CCOC3)cn2)c1.CCOc1cccnc1Oc1cncc(-c2ncc(C(=O)N[C@H]3CCOC3)cn2)c1. The number of ether oxygens (including phenoxy) is 6. The third-order valence-electron chi connectivity index (χ3n) is 9.32. The van der Waals surface area contributed by atoms with Gasteiger partial charge in [-0.05, 0) is 63.1 Å². The van der Waals surface area contributed by atoms with Gasteiger partial charge in [0.1, 0.15) is 11.5 Å². The van der Waals surface area contributed by atoms with E-state index < -0.39 is 5.54 Å². The number of nitrogens with one attached hydrogen (secondary N) is 2. The molecular formula is C43H44N10O9. The standard InChI is InChI=1S/C22H23N5O5.C21H21N5O4/c1-2-31-18-4-3-6-24-21(18)32-17-8-15(9-23-12-17)19-25-10-16(11-26-19)20(29)27-22(13-28)5-7-30-14-22;1-2-29-18-4-3-6-23-21(18)30-17-8-14(9-22-12-17)19-24-10-15(11-25-19)20(27)26-16-5-7-28-13-16/h3-4,6,8-12,28H,2,5,7,13-14H2,1H3,(H,27,29);3-4,6,8-12,16H,2,5,7,13H2,1H3,(H,26,27)/t22-;16-/m10/s1. The van der Waals surface area contributed by atoms with Crippen LogP contribution in [0.1, 0.15) is 47.4 Å². The molecule has 8 heterocycles. The van der Waals surface area contributed by atoms with Gasteiger partial charge in [-0.1, -0.05) is 0 Å². The van der Waals surface area contributed by atoms with E-state index in [9.17, 15) is 14.7 Å². The van der Waals surface area contributed by atoms with Crippen molar-refractivity contribution < 1.29 is 43.1 Å². The summed E-state index contributed by atoms with van der Waals surface area (Å²) in [6, 6.07) is 10.6. The highest BCUT2D eigenvalue weighted by Gasteiger charge is 2.36. The van der Waals surface area contributed by atoms with Crippen LogP contribution in [-0.4, -0.2) is 115 Å². The van der Waals surface area contributed by atoms with Crippen LogP contribution in [-0.2, 0) is 9.47 Å². The minimum atomic E-state index is -0.767. The molecule has 0 aliphatic carbocycles. The molecule has 8 rings (SSSR count). The summed E-state index contributed by atoms with van der Waals surface area (Å²) in [5.41, 5.74) is 1.17. The minimum Gasteiger partial charge on any atom is -0.488 e. The van der Waals surface area contributed by atoms with Crippen LogP contribution >= 0.6 is 0 Å². The molecule has 0 spiro atoms. The third kappa shape index (κ3) is 11.1. The second-order valence-corrected chi connectivity index (χ2v) is 13.8. The third-order valence-corrected chi connectivity index (χ3v) is 9.32. The Hall–Kier alpha value is -7.22. The molecule has 2 amide bonds. The fourth-order valence-electron chi connectivity index (χ4n) is 6.14. The lowest BCUT2D eigenvalue weighted by atomic mass is 9.99. The topological polar surface area (TPSA) is 237 Å². The van der Waals surface area contributed by atoms with Gasteiger partial charge in [-0.2, -0.15) is 0 Å². The van der Waals surface area contributed by atoms with Crippen LogP contribution in [0.5, 0.6) is 34.8 Å². The molecule has 320 valence electrons. The molecule has 0 saturated carbocycles. The van der Waals surface area contributed by atoms with Crippen molar-refractivity contribution in [3.05, 3.63) is 109 Å². The Bertz CT molecular complexity index is 2410. The van der Waals surface area contributed by atoms with Gasteiger partial charge in [0.15, 0.2) is 23.1 Å². The Kier molecular flexibility index (Phi) is 14.4. The van der Waals surface area contributed by atoms with E-state index in [1.54, 1.807) is 73.6 Å². The molecule has 0 aromatic carbocycles. The number of amides is 2. The summed E-state index contributed by atoms with van der Waals surface area (Å²) in [6.07, 6.45) is 16.8. The first-order valence-corrected chi connectivity index (χ1v) is 19.8. The summed E-state index contributed by atoms with van der Waals surface area (Å²) < 4.78 is 33.3. The zero-order chi connectivity index (χ0) is 43.2. The minimum absolute atomic E-state index is 0.0309. The quantitative estimate of drug-likeness (QED) is 0.128. The lowest BCUT2D eigenvalue weighted by molar-refractivity contribution is 0.0788. The number of pyridine rings is 4. The summed E-state index contributed by atoms with van der Waals surface area (Å²) in [6.45, 7) is 6.52. The van der Waals surface area contributed by atoms with E-state index in [1.807, 2.05) is 13.8 Å². The second kappa shape index (κ2) is 20.8. The van der Waals surface area contributed by atoms with Crippen LogP contribution < -0.4 is 29.6 Å². The molecule has 6 aromatic heterocycles. The Morgan fingerprint density at radius 1 is 0.726 bits per heavy atom. The average molecular weight is 845 g/mol. The van der Waals surface area contributed by atoms with E-state index in [1.165, 1.54) is 24.8 Å². The maximum absolute atomic E-state index is 12.5. The molecule has 2 aliphatic rings. The van der Waals surface area contributed by atoms with Crippen LogP contribution in [0.3, 0.4) is 0 Å². The predicted molar refractivity (Wildman–Crippen MR) is 221 cm³/mol. The number of nitrogens with zero attached hydrogens (tertiary/aromatic N) is 8. The Morgan fingerprint density at radius 3 is 1.74 bits per heavy atom. The lowest BCUT2D eigenvalue weighted by Gasteiger charge is -2.26. The van der Waals surface area contributed by atoms with E-state index in [-0.39, 0.29) is 36.6 Å². The molecule has 2 fully saturated rings. The first-order valence-electron chi connectivity index (χ1n) is 19.8. The number of rotatable bonds is 15. The van der Waals surface area contributed by atoms with Gasteiger partial charge in [0, 0.05) is 73.9 Å². The smallest absolute Gasteiger partial charge is 0.262 e. The summed E-state index contributed by atoms with van der Waals surface area (Å²) in [5.74, 6) is 2.89. The Balaban J connectivity index is 0.000000187. The van der Waals surface area contributed by atoms with Gasteiger partial charge in [-0.15, -0.1) is 0 Å². The number of aromatic nitrogens is 8. The fourth-order valence-corrected chi connectivity index (χ4v) is 6.14. The average Bonchev–Trinajstić information content (AvgIpc) is 4.01. The van der Waals surface area contributed by atoms with E-state index in [2.05, 4.69) is 50.5 Å². The van der Waals surface area contributed by atoms with Gasteiger partial charge in [0.05, 0.1) is 68.1 Å². The molecule has 0 bridgehead atoms. The van der Waals surface area contributed by atoms with Crippen molar-refractivity contribution in [1.82, 2.24) is 50.5 Å². The van der Waals surface area contributed by atoms with Crippen molar-refractivity contribution >= 4 is 11.8 Å². The van der Waals surface area contributed by atoms with Crippen LogP contribution in [0.4, 0.5) is 0 Å². The number of hydrogen-bond acceptors (Lipinski definition) is 17. The summed E-state index contributed by atoms with van der Waals surface area (Å²) in [7, 11) is 0. The molecule has 0 unspecified atom stereocenters. The van der Waals surface area contributed by atoms with Crippen LogP contribution in [0.25, 0.3) is 22.8 Å². The van der Waals surface area contributed by atoms with Crippen molar-refractivity contribution in [3.63, 3.8) is 0 Å². The maximum Gasteiger partial charge on any atom is 0.262 e. The highest BCUT2D eigenvalue weighted by Crippen LogP contribution is 2.31. The van der Waals surface area contributed by atoms with Gasteiger partial charge in [0.25, 0.3) is 23.6 Å². The number of carbonyl (C=O) groups excluding carboxylic acids is 2. The largest absolute Gasteiger partial charge is 0.488 e. The van der Waals surface area contributed by atoms with Gasteiger partial charge < -0.3 is 44.2 Å². The summed E-state index contributed by atoms with van der Waals surface area (Å²) in [4.78, 5) is 58.8.